The molecule has 0 heterocycles. The third-order valence-electron chi connectivity index (χ3n) is 0.847. The zero-order valence-corrected chi connectivity index (χ0v) is 5.07. The predicted molar refractivity (Wildman–Crippen MR) is 30.2 cm³/mol. The fourth-order valence-corrected chi connectivity index (χ4v) is 0.333. The summed E-state index contributed by atoms with van der Waals surface area (Å²) in [5.41, 5.74) is 6.19. The van der Waals surface area contributed by atoms with Gasteiger partial charge in [0.2, 0.25) is 5.91 Å². The van der Waals surface area contributed by atoms with Crippen molar-refractivity contribution >= 4 is 11.9 Å². The Hall–Kier alpha value is -1.14. The fourth-order valence-electron chi connectivity index (χ4n) is 0.333. The summed E-state index contributed by atoms with van der Waals surface area (Å²) in [5.74, 6) is -2.08. The van der Waals surface area contributed by atoms with Gasteiger partial charge in [-0.05, 0) is 0 Å². The molecule has 0 aromatic carbocycles. The minimum atomic E-state index is -1.27. The Kier molecular flexibility index (Phi) is 3.37. The number of carboxylic acid groups (broad SMARTS) is 1. The summed E-state index contributed by atoms with van der Waals surface area (Å²) in [6.07, 6.45) is -0.425. The second-order valence-corrected chi connectivity index (χ2v) is 1.68. The van der Waals surface area contributed by atoms with Crippen LogP contribution in [0.15, 0.2) is 0 Å². The van der Waals surface area contributed by atoms with Crippen LogP contribution in [0, 0.1) is 0 Å². The Balaban J connectivity index is 3.68. The standard InChI is InChI=1S/C4H8N2O4/c5-2(4(8)9)1-3(7)6-10/h2,10H,1,5H2,(H,6,7)(H,8,9). The number of aliphatic carboxylic acids is 1. The van der Waals surface area contributed by atoms with Gasteiger partial charge in [-0.25, -0.2) is 5.48 Å². The van der Waals surface area contributed by atoms with E-state index in [4.69, 9.17) is 16.0 Å². The molecule has 6 heteroatoms. The second kappa shape index (κ2) is 3.80. The quantitative estimate of drug-likeness (QED) is 0.281. The van der Waals surface area contributed by atoms with E-state index in [1.54, 1.807) is 0 Å². The highest BCUT2D eigenvalue weighted by Gasteiger charge is 2.14. The van der Waals surface area contributed by atoms with Crippen LogP contribution < -0.4 is 11.2 Å². The Morgan fingerprint density at radius 2 is 2.10 bits per heavy atom. The summed E-state index contributed by atoms with van der Waals surface area (Å²) in [6, 6.07) is -1.26. The number of hydrogen-bond acceptors (Lipinski definition) is 4. The highest BCUT2D eigenvalue weighted by molar-refractivity contribution is 5.83. The van der Waals surface area contributed by atoms with E-state index in [9.17, 15) is 9.59 Å². The molecule has 0 bridgehead atoms. The lowest BCUT2D eigenvalue weighted by atomic mass is 10.2. The van der Waals surface area contributed by atoms with E-state index in [2.05, 4.69) is 0 Å². The van der Waals surface area contributed by atoms with Gasteiger partial charge in [0.1, 0.15) is 6.04 Å². The van der Waals surface area contributed by atoms with Crippen molar-refractivity contribution in [3.05, 3.63) is 0 Å². The first-order chi connectivity index (χ1) is 4.57. The first-order valence-corrected chi connectivity index (χ1v) is 2.49. The molecule has 0 aromatic rings. The van der Waals surface area contributed by atoms with Crippen molar-refractivity contribution in [3.63, 3.8) is 0 Å². The van der Waals surface area contributed by atoms with Gasteiger partial charge in [0.25, 0.3) is 0 Å². The third-order valence-corrected chi connectivity index (χ3v) is 0.847. The highest BCUT2D eigenvalue weighted by atomic mass is 16.5. The Morgan fingerprint density at radius 1 is 1.60 bits per heavy atom. The van der Waals surface area contributed by atoms with Crippen molar-refractivity contribution < 1.29 is 19.9 Å². The molecule has 0 aromatic heterocycles. The zero-order valence-electron chi connectivity index (χ0n) is 5.07. The average molecular weight is 148 g/mol. The van der Waals surface area contributed by atoms with Crippen LogP contribution in [0.1, 0.15) is 6.42 Å². The maximum Gasteiger partial charge on any atom is 0.321 e. The van der Waals surface area contributed by atoms with Crippen molar-refractivity contribution in [2.75, 3.05) is 0 Å². The van der Waals surface area contributed by atoms with Crippen molar-refractivity contribution in [1.82, 2.24) is 5.48 Å². The van der Waals surface area contributed by atoms with Gasteiger partial charge >= 0.3 is 5.97 Å². The minimum absolute atomic E-state index is 0.425. The van der Waals surface area contributed by atoms with Crippen LogP contribution >= 0.6 is 0 Å². The van der Waals surface area contributed by atoms with Gasteiger partial charge in [-0.2, -0.15) is 0 Å². The Labute approximate surface area is 56.6 Å². The van der Waals surface area contributed by atoms with Gasteiger partial charge in [0.05, 0.1) is 6.42 Å². The molecule has 1 atom stereocenters. The molecule has 10 heavy (non-hydrogen) atoms. The van der Waals surface area contributed by atoms with Crippen LogP contribution in [0.25, 0.3) is 0 Å². The molecule has 0 saturated heterocycles. The number of nitrogens with one attached hydrogen (secondary N) is 1. The van der Waals surface area contributed by atoms with Gasteiger partial charge in [-0.15, -0.1) is 0 Å². The number of carboxylic acids is 1. The largest absolute Gasteiger partial charge is 0.480 e. The lowest BCUT2D eigenvalue weighted by molar-refractivity contribution is -0.141. The number of rotatable bonds is 3. The number of carbonyl (C=O) groups excluding carboxylic acids is 1. The van der Waals surface area contributed by atoms with E-state index in [1.165, 1.54) is 5.48 Å². The van der Waals surface area contributed by atoms with Crippen molar-refractivity contribution in [2.24, 2.45) is 5.73 Å². The van der Waals surface area contributed by atoms with Crippen LogP contribution in [0.2, 0.25) is 0 Å². The first-order valence-electron chi connectivity index (χ1n) is 2.49. The van der Waals surface area contributed by atoms with E-state index in [-0.39, 0.29) is 0 Å². The molecule has 0 radical (unpaired) electrons. The summed E-state index contributed by atoms with van der Waals surface area (Å²) >= 11 is 0. The van der Waals surface area contributed by atoms with Gasteiger partial charge in [-0.1, -0.05) is 0 Å². The lowest BCUT2D eigenvalue weighted by Gasteiger charge is -2.02. The maximum atomic E-state index is 10.2. The van der Waals surface area contributed by atoms with Gasteiger partial charge in [0, 0.05) is 0 Å². The molecular weight excluding hydrogens is 140 g/mol. The van der Waals surface area contributed by atoms with Gasteiger partial charge in [-0.3, -0.25) is 14.8 Å². The SMILES string of the molecule is NC(CC(=O)NO)C(=O)O. The number of hydrogen-bond donors (Lipinski definition) is 4. The molecule has 0 fully saturated rings. The topological polar surface area (TPSA) is 113 Å². The molecule has 0 saturated carbocycles. The van der Waals surface area contributed by atoms with Crippen LogP contribution in [-0.2, 0) is 9.59 Å². The summed E-state index contributed by atoms with van der Waals surface area (Å²) in [6.45, 7) is 0. The van der Waals surface area contributed by atoms with E-state index in [0.29, 0.717) is 0 Å². The molecule has 6 nitrogen and oxygen atoms in total. The van der Waals surface area contributed by atoms with E-state index >= 15 is 0 Å². The molecular formula is C4H8N2O4. The molecule has 5 N–H and O–H groups in total. The summed E-state index contributed by atoms with van der Waals surface area (Å²) in [4.78, 5) is 20.2. The minimum Gasteiger partial charge on any atom is -0.480 e. The predicted octanol–water partition coefficient (Wildman–Crippen LogP) is -1.71. The molecule has 0 spiro atoms. The molecule has 0 aliphatic carbocycles. The number of hydroxylamine groups is 1. The van der Waals surface area contributed by atoms with Crippen molar-refractivity contribution in [2.45, 2.75) is 12.5 Å². The van der Waals surface area contributed by atoms with Crippen LogP contribution in [0.3, 0.4) is 0 Å². The van der Waals surface area contributed by atoms with Gasteiger partial charge < -0.3 is 10.8 Å². The Bertz CT molecular complexity index is 146. The number of amides is 1. The summed E-state index contributed by atoms with van der Waals surface area (Å²) in [5, 5.41) is 16.1. The van der Waals surface area contributed by atoms with Crippen LogP contribution in [0.4, 0.5) is 0 Å². The second-order valence-electron chi connectivity index (χ2n) is 1.68. The molecule has 1 amide bonds. The molecule has 58 valence electrons. The van der Waals surface area contributed by atoms with E-state index in [0.717, 1.165) is 0 Å². The van der Waals surface area contributed by atoms with Crippen LogP contribution in [0.5, 0.6) is 0 Å². The third kappa shape index (κ3) is 3.00. The Morgan fingerprint density at radius 3 is 2.40 bits per heavy atom. The van der Waals surface area contributed by atoms with E-state index in [1.807, 2.05) is 0 Å². The number of carbonyl (C=O) groups is 2. The molecule has 1 unspecified atom stereocenters. The fraction of sp³-hybridized carbons (Fsp3) is 0.500. The lowest BCUT2D eigenvalue weighted by Crippen LogP contribution is -2.35. The van der Waals surface area contributed by atoms with E-state index < -0.39 is 24.3 Å². The maximum absolute atomic E-state index is 10.2. The zero-order chi connectivity index (χ0) is 8.15. The number of nitrogens with two attached hydrogens (primary N) is 1. The van der Waals surface area contributed by atoms with Gasteiger partial charge in [0.15, 0.2) is 0 Å². The molecule has 0 aliphatic heterocycles. The normalized spacial score (nSPS) is 12.2. The average Bonchev–Trinajstić information content (AvgIpc) is 1.87. The smallest absolute Gasteiger partial charge is 0.321 e. The summed E-state index contributed by atoms with van der Waals surface area (Å²) < 4.78 is 0. The summed E-state index contributed by atoms with van der Waals surface area (Å²) in [7, 11) is 0. The van der Waals surface area contributed by atoms with Crippen molar-refractivity contribution in [1.29, 1.82) is 0 Å². The monoisotopic (exact) mass is 148 g/mol. The van der Waals surface area contributed by atoms with Crippen LogP contribution in [-0.4, -0.2) is 28.2 Å². The molecule has 0 rings (SSSR count). The molecule has 0 aliphatic rings. The van der Waals surface area contributed by atoms with Crippen molar-refractivity contribution in [3.8, 4) is 0 Å². The first kappa shape index (κ1) is 8.86. The highest BCUT2D eigenvalue weighted by Crippen LogP contribution is 1.86.